The molecule has 1 aliphatic heterocycles. The van der Waals surface area contributed by atoms with E-state index in [2.05, 4.69) is 10.2 Å². The summed E-state index contributed by atoms with van der Waals surface area (Å²) in [4.78, 5) is 14.6. The Kier molecular flexibility index (Phi) is 4.34. The number of nitrogens with one attached hydrogen (secondary N) is 1. The summed E-state index contributed by atoms with van der Waals surface area (Å²) in [5.41, 5.74) is 3.41. The molecule has 3 nitrogen and oxygen atoms in total. The number of amides is 1. The summed E-state index contributed by atoms with van der Waals surface area (Å²) in [6.07, 6.45) is 2.42. The molecule has 2 aromatic rings. The largest absolute Gasteiger partial charge is 0.370 e. The summed E-state index contributed by atoms with van der Waals surface area (Å²) in [5, 5.41) is 3.60. The van der Waals surface area contributed by atoms with Gasteiger partial charge in [-0.25, -0.2) is 0 Å². The Morgan fingerprint density at radius 2 is 1.86 bits per heavy atom. The minimum atomic E-state index is -0.108. The van der Waals surface area contributed by atoms with Crippen LogP contribution in [0.3, 0.4) is 0 Å². The van der Waals surface area contributed by atoms with Crippen LogP contribution in [0.15, 0.2) is 42.5 Å². The number of anilines is 2. The number of hydrogen-bond donors (Lipinski definition) is 1. The summed E-state index contributed by atoms with van der Waals surface area (Å²) in [7, 11) is 0. The van der Waals surface area contributed by atoms with E-state index in [1.807, 2.05) is 49.4 Å². The van der Waals surface area contributed by atoms with Gasteiger partial charge < -0.3 is 10.2 Å². The number of carbonyl (C=O) groups excluding carboxylic acids is 1. The maximum atomic E-state index is 12.3. The first-order valence-electron chi connectivity index (χ1n) is 7.56. The van der Waals surface area contributed by atoms with E-state index < -0.39 is 0 Å². The molecular weight excluding hydrogens is 296 g/mol. The first kappa shape index (κ1) is 14.9. The number of aryl methyl sites for hydroxylation is 1. The Morgan fingerprint density at radius 3 is 2.55 bits per heavy atom. The zero-order valence-electron chi connectivity index (χ0n) is 12.6. The second-order valence-corrected chi connectivity index (χ2v) is 6.04. The van der Waals surface area contributed by atoms with Crippen LogP contribution in [0.25, 0.3) is 0 Å². The van der Waals surface area contributed by atoms with Crippen molar-refractivity contribution in [3.8, 4) is 0 Å². The second kappa shape index (κ2) is 6.41. The molecule has 1 amide bonds. The molecule has 0 aromatic heterocycles. The lowest BCUT2D eigenvalue weighted by Crippen LogP contribution is -2.18. The molecule has 0 bridgehead atoms. The van der Waals surface area contributed by atoms with Gasteiger partial charge in [-0.1, -0.05) is 29.8 Å². The van der Waals surface area contributed by atoms with Crippen molar-refractivity contribution in [1.29, 1.82) is 0 Å². The lowest BCUT2D eigenvalue weighted by molar-refractivity contribution is 0.102. The average Bonchev–Trinajstić information content (AvgIpc) is 3.01. The number of benzene rings is 2. The Hall–Kier alpha value is -2.00. The van der Waals surface area contributed by atoms with Gasteiger partial charge in [0, 0.05) is 24.3 Å². The molecule has 4 heteroatoms. The predicted octanol–water partition coefficient (Wildman–Crippen LogP) is 4.50. The minimum absolute atomic E-state index is 0.108. The Morgan fingerprint density at radius 1 is 1.14 bits per heavy atom. The molecule has 0 aliphatic carbocycles. The van der Waals surface area contributed by atoms with E-state index in [0.29, 0.717) is 10.6 Å². The highest BCUT2D eigenvalue weighted by molar-refractivity contribution is 6.33. The Bertz CT molecular complexity index is 693. The zero-order valence-corrected chi connectivity index (χ0v) is 13.4. The number of halogens is 1. The molecule has 114 valence electrons. The van der Waals surface area contributed by atoms with Crippen LogP contribution < -0.4 is 10.2 Å². The fourth-order valence-electron chi connectivity index (χ4n) is 2.83. The molecule has 3 rings (SSSR count). The van der Waals surface area contributed by atoms with Gasteiger partial charge in [0.25, 0.3) is 5.91 Å². The first-order chi connectivity index (χ1) is 10.6. The van der Waals surface area contributed by atoms with Crippen molar-refractivity contribution in [2.24, 2.45) is 0 Å². The van der Waals surface area contributed by atoms with Crippen LogP contribution in [-0.4, -0.2) is 19.0 Å². The van der Waals surface area contributed by atoms with Crippen molar-refractivity contribution in [2.75, 3.05) is 23.3 Å². The third-order valence-corrected chi connectivity index (χ3v) is 4.34. The van der Waals surface area contributed by atoms with Gasteiger partial charge in [0.15, 0.2) is 0 Å². The molecule has 0 saturated carbocycles. The molecule has 0 atom stereocenters. The van der Waals surface area contributed by atoms with Gasteiger partial charge in [0.05, 0.1) is 10.7 Å². The monoisotopic (exact) mass is 314 g/mol. The molecule has 0 radical (unpaired) electrons. The van der Waals surface area contributed by atoms with Crippen molar-refractivity contribution in [1.82, 2.24) is 0 Å². The quantitative estimate of drug-likeness (QED) is 0.904. The SMILES string of the molecule is Cc1ccccc1C(=O)Nc1ccc(N2CCCC2)c(Cl)c1. The van der Waals surface area contributed by atoms with Crippen LogP contribution in [0, 0.1) is 6.92 Å². The van der Waals surface area contributed by atoms with Crippen LogP contribution in [0.4, 0.5) is 11.4 Å². The molecule has 0 unspecified atom stereocenters. The van der Waals surface area contributed by atoms with Crippen molar-refractivity contribution in [3.63, 3.8) is 0 Å². The van der Waals surface area contributed by atoms with Crippen LogP contribution in [0.5, 0.6) is 0 Å². The number of carbonyl (C=O) groups is 1. The van der Waals surface area contributed by atoms with Crippen LogP contribution >= 0.6 is 11.6 Å². The number of hydrogen-bond acceptors (Lipinski definition) is 2. The normalized spacial score (nSPS) is 14.2. The summed E-state index contributed by atoms with van der Waals surface area (Å²) in [6.45, 7) is 4.03. The molecule has 1 saturated heterocycles. The van der Waals surface area contributed by atoms with Crippen molar-refractivity contribution < 1.29 is 4.79 Å². The zero-order chi connectivity index (χ0) is 15.5. The fourth-order valence-corrected chi connectivity index (χ4v) is 3.13. The van der Waals surface area contributed by atoms with E-state index in [1.54, 1.807) is 0 Å². The van der Waals surface area contributed by atoms with E-state index >= 15 is 0 Å². The van der Waals surface area contributed by atoms with Gasteiger partial charge in [-0.15, -0.1) is 0 Å². The lowest BCUT2D eigenvalue weighted by atomic mass is 10.1. The van der Waals surface area contributed by atoms with Gasteiger partial charge >= 0.3 is 0 Å². The lowest BCUT2D eigenvalue weighted by Gasteiger charge is -2.19. The van der Waals surface area contributed by atoms with Gasteiger partial charge in [0.2, 0.25) is 0 Å². The van der Waals surface area contributed by atoms with Gasteiger partial charge in [-0.05, 0) is 49.6 Å². The highest BCUT2D eigenvalue weighted by Gasteiger charge is 2.16. The molecule has 1 aliphatic rings. The summed E-state index contributed by atoms with van der Waals surface area (Å²) in [6, 6.07) is 13.3. The fraction of sp³-hybridized carbons (Fsp3) is 0.278. The first-order valence-corrected chi connectivity index (χ1v) is 7.94. The smallest absolute Gasteiger partial charge is 0.255 e. The van der Waals surface area contributed by atoms with E-state index in [-0.39, 0.29) is 5.91 Å². The van der Waals surface area contributed by atoms with E-state index in [4.69, 9.17) is 11.6 Å². The van der Waals surface area contributed by atoms with Crippen LogP contribution in [0.1, 0.15) is 28.8 Å². The highest BCUT2D eigenvalue weighted by Crippen LogP contribution is 2.31. The average molecular weight is 315 g/mol. The Labute approximate surface area is 135 Å². The van der Waals surface area contributed by atoms with E-state index in [1.165, 1.54) is 12.8 Å². The van der Waals surface area contributed by atoms with Crippen molar-refractivity contribution in [3.05, 3.63) is 58.6 Å². The molecule has 2 aromatic carbocycles. The molecule has 1 heterocycles. The maximum Gasteiger partial charge on any atom is 0.255 e. The van der Waals surface area contributed by atoms with Gasteiger partial charge in [-0.2, -0.15) is 0 Å². The predicted molar refractivity (Wildman–Crippen MR) is 92.0 cm³/mol. The standard InChI is InChI=1S/C18H19ClN2O/c1-13-6-2-3-7-15(13)18(22)20-14-8-9-17(16(19)12-14)21-10-4-5-11-21/h2-3,6-9,12H,4-5,10-11H2,1H3,(H,20,22). The van der Waals surface area contributed by atoms with Crippen LogP contribution in [-0.2, 0) is 0 Å². The van der Waals surface area contributed by atoms with Crippen molar-refractivity contribution >= 4 is 28.9 Å². The van der Waals surface area contributed by atoms with Gasteiger partial charge in [-0.3, -0.25) is 4.79 Å². The summed E-state index contributed by atoms with van der Waals surface area (Å²) < 4.78 is 0. The third-order valence-electron chi connectivity index (χ3n) is 4.04. The van der Waals surface area contributed by atoms with E-state index in [0.717, 1.165) is 30.0 Å². The highest BCUT2D eigenvalue weighted by atomic mass is 35.5. The Balaban J connectivity index is 1.77. The molecule has 1 N–H and O–H groups in total. The maximum absolute atomic E-state index is 12.3. The topological polar surface area (TPSA) is 32.3 Å². The number of rotatable bonds is 3. The summed E-state index contributed by atoms with van der Waals surface area (Å²) >= 11 is 6.38. The van der Waals surface area contributed by atoms with Crippen LogP contribution in [0.2, 0.25) is 5.02 Å². The minimum Gasteiger partial charge on any atom is -0.370 e. The van der Waals surface area contributed by atoms with Gasteiger partial charge in [0.1, 0.15) is 0 Å². The summed E-state index contributed by atoms with van der Waals surface area (Å²) in [5.74, 6) is -0.108. The molecule has 1 fully saturated rings. The second-order valence-electron chi connectivity index (χ2n) is 5.63. The van der Waals surface area contributed by atoms with Crippen molar-refractivity contribution in [2.45, 2.75) is 19.8 Å². The molecule has 22 heavy (non-hydrogen) atoms. The third kappa shape index (κ3) is 3.09. The number of nitrogens with zero attached hydrogens (tertiary/aromatic N) is 1. The molecular formula is C18H19ClN2O. The van der Waals surface area contributed by atoms with E-state index in [9.17, 15) is 4.79 Å². The molecule has 0 spiro atoms.